The third-order valence-electron chi connectivity index (χ3n) is 3.93. The summed E-state index contributed by atoms with van der Waals surface area (Å²) < 4.78 is 5.52. The number of ether oxygens (including phenoxy) is 1. The molecule has 22 heavy (non-hydrogen) atoms. The van der Waals surface area contributed by atoms with E-state index in [2.05, 4.69) is 24.1 Å². The molecule has 3 heterocycles. The Kier molecular flexibility index (Phi) is 4.31. The number of nitrogen functional groups attached to an aromatic ring is 1. The minimum Gasteiger partial charge on any atom is -0.397 e. The van der Waals surface area contributed by atoms with Gasteiger partial charge in [-0.05, 0) is 30.9 Å². The van der Waals surface area contributed by atoms with Crippen LogP contribution >= 0.6 is 11.3 Å². The van der Waals surface area contributed by atoms with Crippen molar-refractivity contribution in [3.05, 3.63) is 22.7 Å². The summed E-state index contributed by atoms with van der Waals surface area (Å²) in [6, 6.07) is 3.94. The lowest BCUT2D eigenvalue weighted by atomic mass is 10.1. The number of thiophene rings is 1. The molecule has 1 unspecified atom stereocenters. The van der Waals surface area contributed by atoms with Gasteiger partial charge in [-0.15, -0.1) is 11.3 Å². The summed E-state index contributed by atoms with van der Waals surface area (Å²) in [7, 11) is 0. The van der Waals surface area contributed by atoms with Crippen LogP contribution in [0.5, 0.6) is 0 Å². The molecule has 118 valence electrons. The molecule has 5 nitrogen and oxygen atoms in total. The molecule has 0 aliphatic carbocycles. The fraction of sp³-hybridized carbons (Fsp3) is 0.500. The molecule has 0 saturated carbocycles. The fourth-order valence-electron chi connectivity index (χ4n) is 2.59. The summed E-state index contributed by atoms with van der Waals surface area (Å²) in [5.74, 6) is 0.214. The number of fused-ring (bicyclic) bond motifs is 1. The van der Waals surface area contributed by atoms with E-state index in [1.807, 2.05) is 12.1 Å². The number of pyridine rings is 1. The third kappa shape index (κ3) is 2.94. The van der Waals surface area contributed by atoms with Gasteiger partial charge in [0.2, 0.25) is 0 Å². The lowest BCUT2D eigenvalue weighted by Gasteiger charge is -2.10. The first-order valence-corrected chi connectivity index (χ1v) is 8.46. The number of carbonyl (C=O) groups excluding carboxylic acids is 1. The average Bonchev–Trinajstić information content (AvgIpc) is 3.12. The van der Waals surface area contributed by atoms with E-state index in [9.17, 15) is 4.79 Å². The lowest BCUT2D eigenvalue weighted by molar-refractivity contribution is 0.0862. The Morgan fingerprint density at radius 3 is 3.05 bits per heavy atom. The first kappa shape index (κ1) is 15.2. The van der Waals surface area contributed by atoms with Crippen LogP contribution in [0.1, 0.15) is 48.0 Å². The number of rotatable bonds is 4. The summed E-state index contributed by atoms with van der Waals surface area (Å²) in [5.41, 5.74) is 7.66. The van der Waals surface area contributed by atoms with Gasteiger partial charge in [-0.1, -0.05) is 13.8 Å². The highest BCUT2D eigenvalue weighted by molar-refractivity contribution is 7.21. The molecule has 2 aromatic heterocycles. The van der Waals surface area contributed by atoms with Crippen molar-refractivity contribution in [2.75, 3.05) is 18.9 Å². The van der Waals surface area contributed by atoms with E-state index < -0.39 is 0 Å². The maximum atomic E-state index is 12.3. The molecule has 3 N–H and O–H groups in total. The molecule has 1 aliphatic rings. The smallest absolute Gasteiger partial charge is 0.263 e. The minimum absolute atomic E-state index is 0.130. The van der Waals surface area contributed by atoms with E-state index in [-0.39, 0.29) is 12.0 Å². The van der Waals surface area contributed by atoms with Gasteiger partial charge in [0.25, 0.3) is 5.91 Å². The van der Waals surface area contributed by atoms with Crippen molar-refractivity contribution < 1.29 is 9.53 Å². The predicted molar refractivity (Wildman–Crippen MR) is 89.4 cm³/mol. The number of hydrogen-bond donors (Lipinski definition) is 2. The van der Waals surface area contributed by atoms with Crippen molar-refractivity contribution in [2.24, 2.45) is 0 Å². The molecular weight excluding hydrogens is 298 g/mol. The van der Waals surface area contributed by atoms with Crippen LogP contribution in [0.4, 0.5) is 5.69 Å². The molecular formula is C16H21N3O2S. The maximum Gasteiger partial charge on any atom is 0.263 e. The minimum atomic E-state index is -0.137. The molecule has 1 aliphatic heterocycles. The van der Waals surface area contributed by atoms with Crippen LogP contribution in [-0.4, -0.2) is 30.1 Å². The highest BCUT2D eigenvalue weighted by atomic mass is 32.1. The fourth-order valence-corrected chi connectivity index (χ4v) is 3.61. The van der Waals surface area contributed by atoms with E-state index in [0.29, 0.717) is 23.0 Å². The quantitative estimate of drug-likeness (QED) is 0.908. The summed E-state index contributed by atoms with van der Waals surface area (Å²) in [6.07, 6.45) is 2.19. The van der Waals surface area contributed by atoms with Crippen LogP contribution in [0.15, 0.2) is 12.1 Å². The van der Waals surface area contributed by atoms with Gasteiger partial charge in [0.1, 0.15) is 9.71 Å². The summed E-state index contributed by atoms with van der Waals surface area (Å²) >= 11 is 1.36. The van der Waals surface area contributed by atoms with Crippen LogP contribution in [0.2, 0.25) is 0 Å². The van der Waals surface area contributed by atoms with Crippen LogP contribution in [0.3, 0.4) is 0 Å². The van der Waals surface area contributed by atoms with Gasteiger partial charge in [-0.3, -0.25) is 4.79 Å². The molecule has 3 rings (SSSR count). The lowest BCUT2D eigenvalue weighted by Crippen LogP contribution is -2.31. The molecule has 1 saturated heterocycles. The number of anilines is 1. The predicted octanol–water partition coefficient (Wildman–Crippen LogP) is 2.91. The molecule has 1 amide bonds. The molecule has 2 aromatic rings. The van der Waals surface area contributed by atoms with Crippen LogP contribution in [-0.2, 0) is 4.74 Å². The molecule has 0 radical (unpaired) electrons. The van der Waals surface area contributed by atoms with E-state index >= 15 is 0 Å². The maximum absolute atomic E-state index is 12.3. The van der Waals surface area contributed by atoms with Gasteiger partial charge in [0.05, 0.1) is 11.8 Å². The first-order valence-electron chi connectivity index (χ1n) is 7.65. The van der Waals surface area contributed by atoms with Crippen molar-refractivity contribution in [2.45, 2.75) is 38.7 Å². The van der Waals surface area contributed by atoms with Gasteiger partial charge in [-0.2, -0.15) is 0 Å². The zero-order valence-corrected chi connectivity index (χ0v) is 13.7. The topological polar surface area (TPSA) is 77.2 Å². The first-order chi connectivity index (χ1) is 10.6. The van der Waals surface area contributed by atoms with Gasteiger partial charge in [0.15, 0.2) is 0 Å². The van der Waals surface area contributed by atoms with Gasteiger partial charge in [-0.25, -0.2) is 4.98 Å². The Bertz CT molecular complexity index is 690. The number of nitrogens with two attached hydrogens (primary N) is 1. The molecule has 1 fully saturated rings. The summed E-state index contributed by atoms with van der Waals surface area (Å²) in [6.45, 7) is 5.52. The van der Waals surface area contributed by atoms with Crippen LogP contribution in [0.25, 0.3) is 10.2 Å². The number of hydrogen-bond acceptors (Lipinski definition) is 5. The molecule has 0 spiro atoms. The third-order valence-corrected chi connectivity index (χ3v) is 5.04. The molecule has 0 aromatic carbocycles. The summed E-state index contributed by atoms with van der Waals surface area (Å²) in [5, 5.41) is 3.78. The highest BCUT2D eigenvalue weighted by Gasteiger charge is 2.20. The second-order valence-corrected chi connectivity index (χ2v) is 6.93. The molecule has 1 atom stereocenters. The monoisotopic (exact) mass is 319 g/mol. The number of carbonyl (C=O) groups is 1. The van der Waals surface area contributed by atoms with E-state index in [1.54, 1.807) is 0 Å². The van der Waals surface area contributed by atoms with Crippen LogP contribution < -0.4 is 11.1 Å². The van der Waals surface area contributed by atoms with Crippen molar-refractivity contribution in [3.63, 3.8) is 0 Å². The zero-order valence-electron chi connectivity index (χ0n) is 12.9. The standard InChI is InChI=1S/C16H21N3O2S/c1-9(2)12-6-5-11-13(17)14(22-16(11)19-12)15(20)18-8-10-4-3-7-21-10/h5-6,9-10H,3-4,7-8,17H2,1-2H3,(H,18,20). The van der Waals surface area contributed by atoms with Crippen molar-refractivity contribution in [1.29, 1.82) is 0 Å². The second-order valence-electron chi connectivity index (χ2n) is 5.93. The van der Waals surface area contributed by atoms with E-state index in [0.717, 1.165) is 35.4 Å². The number of nitrogens with zero attached hydrogens (tertiary/aromatic N) is 1. The van der Waals surface area contributed by atoms with Crippen molar-refractivity contribution >= 4 is 33.1 Å². The van der Waals surface area contributed by atoms with E-state index in [1.165, 1.54) is 11.3 Å². The number of aromatic nitrogens is 1. The number of nitrogens with one attached hydrogen (secondary N) is 1. The van der Waals surface area contributed by atoms with Gasteiger partial charge < -0.3 is 15.8 Å². The second kappa shape index (κ2) is 6.22. The van der Waals surface area contributed by atoms with Crippen molar-refractivity contribution in [1.82, 2.24) is 10.3 Å². The molecule has 0 bridgehead atoms. The normalized spacial score (nSPS) is 18.2. The highest BCUT2D eigenvalue weighted by Crippen LogP contribution is 2.33. The SMILES string of the molecule is CC(C)c1ccc2c(N)c(C(=O)NCC3CCCO3)sc2n1. The zero-order chi connectivity index (χ0) is 15.7. The Labute approximate surface area is 133 Å². The van der Waals surface area contributed by atoms with Gasteiger partial charge in [0, 0.05) is 24.2 Å². The Hall–Kier alpha value is -1.66. The van der Waals surface area contributed by atoms with E-state index in [4.69, 9.17) is 10.5 Å². The van der Waals surface area contributed by atoms with Crippen molar-refractivity contribution in [3.8, 4) is 0 Å². The Morgan fingerprint density at radius 1 is 1.55 bits per heavy atom. The summed E-state index contributed by atoms with van der Waals surface area (Å²) in [4.78, 5) is 18.3. The van der Waals surface area contributed by atoms with Crippen LogP contribution in [0, 0.1) is 0 Å². The Morgan fingerprint density at radius 2 is 2.36 bits per heavy atom. The Balaban J connectivity index is 1.80. The largest absolute Gasteiger partial charge is 0.397 e. The number of amides is 1. The van der Waals surface area contributed by atoms with Gasteiger partial charge >= 0.3 is 0 Å². The molecule has 6 heteroatoms. The average molecular weight is 319 g/mol.